The van der Waals surface area contributed by atoms with Crippen LogP contribution < -0.4 is 21.1 Å². The number of hydrogen-bond donors (Lipinski definition) is 3. The molecule has 1 saturated heterocycles. The summed E-state index contributed by atoms with van der Waals surface area (Å²) in [7, 11) is 1.36. The van der Waals surface area contributed by atoms with Crippen LogP contribution in [0.15, 0.2) is 39.3 Å². The van der Waals surface area contributed by atoms with Gasteiger partial charge in [0.1, 0.15) is 29.5 Å². The largest absolute Gasteiger partial charge is 0.477 e. The van der Waals surface area contributed by atoms with Crippen LogP contribution in [0.25, 0.3) is 22.1 Å². The first-order chi connectivity index (χ1) is 22.0. The number of carbonyl (C=O) groups is 2. The van der Waals surface area contributed by atoms with Crippen molar-refractivity contribution in [3.8, 4) is 0 Å². The molecule has 0 aromatic carbocycles. The van der Waals surface area contributed by atoms with E-state index in [2.05, 4.69) is 20.4 Å². The molecule has 7 rings (SSSR count). The van der Waals surface area contributed by atoms with Crippen LogP contribution in [0, 0.1) is 17.6 Å². The fourth-order valence-electron chi connectivity index (χ4n) is 5.94. The van der Waals surface area contributed by atoms with Crippen molar-refractivity contribution >= 4 is 51.4 Å². The van der Waals surface area contributed by atoms with E-state index in [0.717, 1.165) is 37.8 Å². The molecule has 3 fully saturated rings. The second-order valence-corrected chi connectivity index (χ2v) is 11.7. The predicted octanol–water partition coefficient (Wildman–Crippen LogP) is 3.00. The van der Waals surface area contributed by atoms with Gasteiger partial charge in [-0.25, -0.2) is 28.3 Å². The van der Waals surface area contributed by atoms with Crippen LogP contribution in [0.4, 0.5) is 20.4 Å². The van der Waals surface area contributed by atoms with Gasteiger partial charge >= 0.3 is 11.9 Å². The van der Waals surface area contributed by atoms with Crippen LogP contribution >= 0.6 is 0 Å². The minimum Gasteiger partial charge on any atom is -0.477 e. The normalized spacial score (nSPS) is 18.9. The first kappa shape index (κ1) is 29.3. The average molecular weight is 636 g/mol. The first-order valence-corrected chi connectivity index (χ1v) is 14.6. The van der Waals surface area contributed by atoms with Gasteiger partial charge in [-0.05, 0) is 37.8 Å². The molecule has 3 aliphatic rings. The summed E-state index contributed by atoms with van der Waals surface area (Å²) in [5.41, 5.74) is -1.72. The van der Waals surface area contributed by atoms with Crippen LogP contribution in [0.3, 0.4) is 0 Å². The highest BCUT2D eigenvalue weighted by Crippen LogP contribution is 2.38. The SMILES string of the molecule is CO/N=C1\CN(c2nc3c(cc2F)c(=O)c(C(=O)O)cn3C2CC2)CC1CNc1nc2c(cc1F)c(=O)c(C(=O)O)cn2C1CC1. The van der Waals surface area contributed by atoms with Crippen molar-refractivity contribution in [2.75, 3.05) is 37.0 Å². The molecule has 0 bridgehead atoms. The van der Waals surface area contributed by atoms with Gasteiger partial charge in [0.05, 0.1) is 23.0 Å². The summed E-state index contributed by atoms with van der Waals surface area (Å²) in [6.07, 6.45) is 5.57. The van der Waals surface area contributed by atoms with Crippen molar-refractivity contribution in [3.63, 3.8) is 0 Å². The van der Waals surface area contributed by atoms with Crippen molar-refractivity contribution in [2.45, 2.75) is 37.8 Å². The molecule has 4 aromatic rings. The number of nitrogens with one attached hydrogen (secondary N) is 1. The maximum absolute atomic E-state index is 15.5. The molecule has 1 unspecified atom stereocenters. The molecule has 16 heteroatoms. The van der Waals surface area contributed by atoms with Crippen molar-refractivity contribution < 1.29 is 33.4 Å². The monoisotopic (exact) mass is 635 g/mol. The van der Waals surface area contributed by atoms with Gasteiger partial charge in [-0.1, -0.05) is 5.16 Å². The molecule has 3 N–H and O–H groups in total. The molecule has 4 aromatic heterocycles. The van der Waals surface area contributed by atoms with Gasteiger partial charge in [0.15, 0.2) is 23.3 Å². The van der Waals surface area contributed by atoms with E-state index in [-0.39, 0.29) is 65.4 Å². The highest BCUT2D eigenvalue weighted by atomic mass is 19.1. The van der Waals surface area contributed by atoms with Crippen molar-refractivity contribution in [1.82, 2.24) is 19.1 Å². The maximum atomic E-state index is 15.5. The lowest BCUT2D eigenvalue weighted by atomic mass is 10.1. The minimum absolute atomic E-state index is 0.0489. The van der Waals surface area contributed by atoms with E-state index in [1.807, 2.05) is 0 Å². The number of carboxylic acid groups (broad SMARTS) is 2. The molecule has 1 atom stereocenters. The topological polar surface area (TPSA) is 181 Å². The van der Waals surface area contributed by atoms with E-state index in [0.29, 0.717) is 5.71 Å². The van der Waals surface area contributed by atoms with Gasteiger partial charge in [0, 0.05) is 43.5 Å². The van der Waals surface area contributed by atoms with Gasteiger partial charge in [0.25, 0.3) is 0 Å². The average Bonchev–Trinajstić information content (AvgIpc) is 3.95. The summed E-state index contributed by atoms with van der Waals surface area (Å²) >= 11 is 0. The Balaban J connectivity index is 1.20. The Morgan fingerprint density at radius 1 is 0.935 bits per heavy atom. The lowest BCUT2D eigenvalue weighted by Crippen LogP contribution is -2.26. The lowest BCUT2D eigenvalue weighted by molar-refractivity contribution is 0.0684. The number of nitrogens with zero attached hydrogens (tertiary/aromatic N) is 6. The molecule has 0 amide bonds. The fourth-order valence-corrected chi connectivity index (χ4v) is 5.94. The predicted molar refractivity (Wildman–Crippen MR) is 161 cm³/mol. The molecular weight excluding hydrogens is 608 g/mol. The van der Waals surface area contributed by atoms with Crippen molar-refractivity contribution in [2.24, 2.45) is 11.1 Å². The number of halogens is 2. The molecule has 2 saturated carbocycles. The minimum atomic E-state index is -1.40. The van der Waals surface area contributed by atoms with Gasteiger partial charge in [-0.3, -0.25) is 9.59 Å². The Hall–Kier alpha value is -5.41. The summed E-state index contributed by atoms with van der Waals surface area (Å²) in [6, 6.07) is 1.89. The van der Waals surface area contributed by atoms with Crippen LogP contribution in [0.2, 0.25) is 0 Å². The number of hydrogen-bond acceptors (Lipinski definition) is 10. The highest BCUT2D eigenvalue weighted by Gasteiger charge is 2.34. The van der Waals surface area contributed by atoms with Gasteiger partial charge in [0.2, 0.25) is 10.9 Å². The van der Waals surface area contributed by atoms with Crippen molar-refractivity contribution in [3.05, 3.63) is 67.7 Å². The summed E-state index contributed by atoms with van der Waals surface area (Å²) in [5.74, 6) is -5.13. The zero-order valence-electron chi connectivity index (χ0n) is 24.4. The van der Waals surface area contributed by atoms with Gasteiger partial charge in [-0.15, -0.1) is 0 Å². The van der Waals surface area contributed by atoms with Crippen LogP contribution in [-0.2, 0) is 4.84 Å². The summed E-state index contributed by atoms with van der Waals surface area (Å²) in [4.78, 5) is 64.4. The van der Waals surface area contributed by atoms with Crippen LogP contribution in [-0.4, -0.2) is 73.7 Å². The Kier molecular flexibility index (Phi) is 6.94. The number of anilines is 2. The number of oxime groups is 1. The fraction of sp³-hybridized carbons (Fsp3) is 0.367. The van der Waals surface area contributed by atoms with Crippen LogP contribution in [0.5, 0.6) is 0 Å². The van der Waals surface area contributed by atoms with E-state index in [1.54, 1.807) is 14.0 Å². The number of rotatable bonds is 9. The molecule has 238 valence electrons. The summed E-state index contributed by atoms with van der Waals surface area (Å²) < 4.78 is 34.0. The Bertz CT molecular complexity index is 2120. The molecule has 2 aliphatic carbocycles. The number of pyridine rings is 4. The second-order valence-electron chi connectivity index (χ2n) is 11.7. The van der Waals surface area contributed by atoms with E-state index >= 15 is 8.78 Å². The second kappa shape index (κ2) is 10.9. The molecular formula is C30H27F2N7O7. The first-order valence-electron chi connectivity index (χ1n) is 14.6. The molecule has 0 spiro atoms. The third-order valence-electron chi connectivity index (χ3n) is 8.53. The highest BCUT2D eigenvalue weighted by molar-refractivity contribution is 5.96. The molecule has 5 heterocycles. The third-order valence-corrected chi connectivity index (χ3v) is 8.53. The van der Waals surface area contributed by atoms with E-state index < -0.39 is 51.5 Å². The lowest BCUT2D eigenvalue weighted by Gasteiger charge is -2.20. The number of fused-ring (bicyclic) bond motifs is 2. The Labute approximate surface area is 257 Å². The van der Waals surface area contributed by atoms with E-state index in [1.165, 1.54) is 19.5 Å². The molecule has 14 nitrogen and oxygen atoms in total. The third kappa shape index (κ3) is 4.98. The van der Waals surface area contributed by atoms with E-state index in [4.69, 9.17) is 4.84 Å². The molecule has 0 radical (unpaired) electrons. The Morgan fingerprint density at radius 2 is 1.48 bits per heavy atom. The van der Waals surface area contributed by atoms with Gasteiger partial charge in [-0.2, -0.15) is 0 Å². The smallest absolute Gasteiger partial charge is 0.341 e. The quantitative estimate of drug-likeness (QED) is 0.230. The number of aromatic nitrogens is 4. The molecule has 1 aliphatic heterocycles. The Morgan fingerprint density at radius 3 is 2.00 bits per heavy atom. The summed E-state index contributed by atoms with van der Waals surface area (Å²) in [5, 5.41) is 25.8. The zero-order valence-corrected chi connectivity index (χ0v) is 24.4. The standard InChI is InChI=1S/C30H27F2N7O7/c1-46-36-22-12-37(28-21(32)7-17-24(41)19(30(44)45)11-39(15-4-5-15)27(17)35-28)9-13(22)8-33-25-20(31)6-16-23(40)18(29(42)43)10-38(14-2-3-14)26(16)34-25/h6-7,10-11,13-15H,2-5,8-9,12H2,1H3,(H,33,34)(H,42,43)(H,44,45)/b36-22+. The summed E-state index contributed by atoms with van der Waals surface area (Å²) in [6.45, 7) is 0.359. The van der Waals surface area contributed by atoms with Gasteiger partial charge < -0.3 is 34.4 Å². The maximum Gasteiger partial charge on any atom is 0.341 e. The van der Waals surface area contributed by atoms with E-state index in [9.17, 15) is 29.4 Å². The zero-order chi connectivity index (χ0) is 32.4. The number of aromatic carboxylic acids is 2. The molecule has 46 heavy (non-hydrogen) atoms. The van der Waals surface area contributed by atoms with Crippen LogP contribution in [0.1, 0.15) is 58.5 Å². The van der Waals surface area contributed by atoms with Crippen molar-refractivity contribution in [1.29, 1.82) is 0 Å². The number of carboxylic acids is 2.